The molecule has 2 N–H and O–H groups in total. The molecule has 1 amide bonds. The van der Waals surface area contributed by atoms with Crippen molar-refractivity contribution >= 4 is 16.9 Å². The highest BCUT2D eigenvalue weighted by Crippen LogP contribution is 2.25. The van der Waals surface area contributed by atoms with Crippen LogP contribution < -0.4 is 10.6 Å². The van der Waals surface area contributed by atoms with Crippen LogP contribution in [-0.2, 0) is 11.2 Å². The van der Waals surface area contributed by atoms with E-state index in [1.165, 1.54) is 24.0 Å². The number of hydrogen-bond donors (Lipinski definition) is 2. The number of carbonyl (C=O) groups is 1. The monoisotopic (exact) mass is 314 g/mol. The van der Waals surface area contributed by atoms with Gasteiger partial charge in [0.2, 0.25) is 5.91 Å². The molecule has 1 atom stereocenters. The Kier molecular flexibility index (Phi) is 5.01. The quantitative estimate of drug-likeness (QED) is 0.891. The minimum absolute atomic E-state index is 0.0784. The van der Waals surface area contributed by atoms with E-state index in [1.807, 2.05) is 6.07 Å². The van der Waals surface area contributed by atoms with E-state index in [0.29, 0.717) is 12.3 Å². The molecule has 1 unspecified atom stereocenters. The summed E-state index contributed by atoms with van der Waals surface area (Å²) in [5.41, 5.74) is 4.28. The molecule has 0 bridgehead atoms. The van der Waals surface area contributed by atoms with Crippen molar-refractivity contribution in [3.8, 4) is 0 Å². The summed E-state index contributed by atoms with van der Waals surface area (Å²) in [6.45, 7) is 7.14. The van der Waals surface area contributed by atoms with Gasteiger partial charge in [-0.05, 0) is 75.4 Å². The van der Waals surface area contributed by atoms with Gasteiger partial charge in [0.25, 0.3) is 0 Å². The highest BCUT2D eigenvalue weighted by atomic mass is 16.3. The highest BCUT2D eigenvalue weighted by Gasteiger charge is 2.14. The molecule has 0 saturated carbocycles. The molecule has 2 aromatic rings. The lowest BCUT2D eigenvalue weighted by atomic mass is 9.96. The fraction of sp³-hybridized carbons (Fsp3) is 0.526. The van der Waals surface area contributed by atoms with E-state index in [0.717, 1.165) is 42.6 Å². The Hall–Kier alpha value is -1.81. The van der Waals surface area contributed by atoms with Gasteiger partial charge in [-0.2, -0.15) is 0 Å². The average molecular weight is 314 g/mol. The largest absolute Gasteiger partial charge is 0.464 e. The van der Waals surface area contributed by atoms with Gasteiger partial charge in [-0.15, -0.1) is 0 Å². The number of benzene rings is 1. The van der Waals surface area contributed by atoms with Crippen LogP contribution in [0.1, 0.15) is 36.0 Å². The molecule has 1 aromatic heterocycles. The summed E-state index contributed by atoms with van der Waals surface area (Å²) in [7, 11) is 0. The van der Waals surface area contributed by atoms with Crippen LogP contribution in [0.3, 0.4) is 0 Å². The zero-order chi connectivity index (χ0) is 16.2. The first-order valence-corrected chi connectivity index (χ1v) is 8.58. The molecule has 0 aliphatic carbocycles. The first-order valence-electron chi connectivity index (χ1n) is 8.58. The highest BCUT2D eigenvalue weighted by molar-refractivity contribution is 5.88. The van der Waals surface area contributed by atoms with Crippen LogP contribution >= 0.6 is 0 Å². The molecule has 1 saturated heterocycles. The number of nitrogens with one attached hydrogen (secondary N) is 2. The number of carbonyl (C=O) groups excluding carboxylic acids is 1. The second kappa shape index (κ2) is 7.18. The lowest BCUT2D eigenvalue weighted by molar-refractivity contribution is -0.120. The first kappa shape index (κ1) is 16.1. The van der Waals surface area contributed by atoms with E-state index in [4.69, 9.17) is 4.42 Å². The molecule has 1 aromatic carbocycles. The number of rotatable bonds is 5. The number of amides is 1. The first-order chi connectivity index (χ1) is 11.1. The van der Waals surface area contributed by atoms with Crippen molar-refractivity contribution in [2.75, 3.05) is 19.6 Å². The average Bonchev–Trinajstić information content (AvgIpc) is 2.91. The molecule has 0 radical (unpaired) electrons. The van der Waals surface area contributed by atoms with E-state index in [1.54, 1.807) is 6.26 Å². The minimum atomic E-state index is 0.0784. The van der Waals surface area contributed by atoms with E-state index in [2.05, 4.69) is 30.5 Å². The van der Waals surface area contributed by atoms with Crippen molar-refractivity contribution in [1.82, 2.24) is 10.6 Å². The maximum Gasteiger partial charge on any atom is 0.224 e. The number of furan rings is 1. The molecular formula is C19H26N2O2. The van der Waals surface area contributed by atoms with Crippen LogP contribution in [0, 0.1) is 19.8 Å². The summed E-state index contributed by atoms with van der Waals surface area (Å²) < 4.78 is 5.60. The molecule has 1 aliphatic heterocycles. The third kappa shape index (κ3) is 3.94. The van der Waals surface area contributed by atoms with Gasteiger partial charge in [0.05, 0.1) is 12.7 Å². The van der Waals surface area contributed by atoms with Crippen molar-refractivity contribution in [2.24, 2.45) is 5.92 Å². The number of piperidine rings is 1. The maximum absolute atomic E-state index is 12.2. The Morgan fingerprint density at radius 2 is 2.17 bits per heavy atom. The normalized spacial score (nSPS) is 18.3. The molecule has 124 valence electrons. The summed E-state index contributed by atoms with van der Waals surface area (Å²) in [6.07, 6.45) is 5.68. The molecular weight excluding hydrogens is 288 g/mol. The van der Waals surface area contributed by atoms with Crippen molar-refractivity contribution in [2.45, 2.75) is 39.5 Å². The lowest BCUT2D eigenvalue weighted by Gasteiger charge is -2.22. The summed E-state index contributed by atoms with van der Waals surface area (Å²) in [4.78, 5) is 12.2. The number of fused-ring (bicyclic) bond motifs is 1. The lowest BCUT2D eigenvalue weighted by Crippen LogP contribution is -2.33. The van der Waals surface area contributed by atoms with Crippen LogP contribution in [0.4, 0.5) is 0 Å². The van der Waals surface area contributed by atoms with Gasteiger partial charge < -0.3 is 15.1 Å². The van der Waals surface area contributed by atoms with Crippen LogP contribution in [0.2, 0.25) is 0 Å². The van der Waals surface area contributed by atoms with Gasteiger partial charge in [0.15, 0.2) is 0 Å². The Morgan fingerprint density at radius 1 is 1.35 bits per heavy atom. The van der Waals surface area contributed by atoms with Crippen LogP contribution in [0.25, 0.3) is 11.0 Å². The molecule has 23 heavy (non-hydrogen) atoms. The summed E-state index contributed by atoms with van der Waals surface area (Å²) in [5.74, 6) is 0.777. The summed E-state index contributed by atoms with van der Waals surface area (Å²) in [6, 6.07) is 4.16. The zero-order valence-corrected chi connectivity index (χ0v) is 14.1. The Morgan fingerprint density at radius 3 is 2.96 bits per heavy atom. The van der Waals surface area contributed by atoms with Crippen molar-refractivity contribution in [3.05, 3.63) is 35.1 Å². The second-order valence-electron chi connectivity index (χ2n) is 6.72. The molecule has 0 spiro atoms. The fourth-order valence-electron chi connectivity index (χ4n) is 3.29. The Balaban J connectivity index is 1.54. The standard InChI is InChI=1S/C19H26N2O2/c1-13-8-17-16(12-23-18(17)9-14(13)2)10-19(22)21-7-5-15-4-3-6-20-11-15/h8-9,12,15,20H,3-7,10-11H2,1-2H3,(H,21,22). The van der Waals surface area contributed by atoms with E-state index in [9.17, 15) is 4.79 Å². The fourth-order valence-corrected chi connectivity index (χ4v) is 3.29. The zero-order valence-electron chi connectivity index (χ0n) is 14.1. The van der Waals surface area contributed by atoms with Gasteiger partial charge in [-0.1, -0.05) is 0 Å². The third-order valence-electron chi connectivity index (χ3n) is 4.89. The van der Waals surface area contributed by atoms with Crippen LogP contribution in [0.15, 0.2) is 22.8 Å². The number of aryl methyl sites for hydroxylation is 2. The Labute approximate surface area is 137 Å². The number of hydrogen-bond acceptors (Lipinski definition) is 3. The predicted molar refractivity (Wildman–Crippen MR) is 92.6 cm³/mol. The molecule has 4 heteroatoms. The van der Waals surface area contributed by atoms with Gasteiger partial charge in [-0.25, -0.2) is 0 Å². The van der Waals surface area contributed by atoms with Crippen molar-refractivity contribution in [1.29, 1.82) is 0 Å². The van der Waals surface area contributed by atoms with Crippen molar-refractivity contribution < 1.29 is 9.21 Å². The van der Waals surface area contributed by atoms with Gasteiger partial charge in [-0.3, -0.25) is 4.79 Å². The molecule has 1 aliphatic rings. The van der Waals surface area contributed by atoms with Gasteiger partial charge in [0.1, 0.15) is 5.58 Å². The van der Waals surface area contributed by atoms with E-state index in [-0.39, 0.29) is 5.91 Å². The molecule has 2 heterocycles. The molecule has 3 rings (SSSR count). The van der Waals surface area contributed by atoms with Crippen LogP contribution in [-0.4, -0.2) is 25.5 Å². The van der Waals surface area contributed by atoms with Crippen molar-refractivity contribution in [3.63, 3.8) is 0 Å². The van der Waals surface area contributed by atoms with Gasteiger partial charge in [0, 0.05) is 17.5 Å². The SMILES string of the molecule is Cc1cc2occ(CC(=O)NCCC3CCCNC3)c2cc1C. The third-order valence-corrected chi connectivity index (χ3v) is 4.89. The van der Waals surface area contributed by atoms with E-state index >= 15 is 0 Å². The maximum atomic E-state index is 12.2. The smallest absolute Gasteiger partial charge is 0.224 e. The Bertz CT molecular complexity index is 684. The topological polar surface area (TPSA) is 54.3 Å². The second-order valence-corrected chi connectivity index (χ2v) is 6.72. The van der Waals surface area contributed by atoms with Crippen LogP contribution in [0.5, 0.6) is 0 Å². The van der Waals surface area contributed by atoms with Gasteiger partial charge >= 0.3 is 0 Å². The summed E-state index contributed by atoms with van der Waals surface area (Å²) >= 11 is 0. The minimum Gasteiger partial charge on any atom is -0.464 e. The van der Waals surface area contributed by atoms with E-state index < -0.39 is 0 Å². The summed E-state index contributed by atoms with van der Waals surface area (Å²) in [5, 5.41) is 7.52. The molecule has 1 fully saturated rings. The predicted octanol–water partition coefficient (Wildman–Crippen LogP) is 3.10. The molecule has 4 nitrogen and oxygen atoms in total.